The van der Waals surface area contributed by atoms with E-state index >= 15 is 0 Å². The minimum Gasteiger partial charge on any atom is -0.471 e. The van der Waals surface area contributed by atoms with Crippen molar-refractivity contribution >= 4 is 34.8 Å². The van der Waals surface area contributed by atoms with Crippen LogP contribution >= 0.6 is 24.4 Å². The average molecular weight is 347 g/mol. The van der Waals surface area contributed by atoms with Crippen molar-refractivity contribution in [2.75, 3.05) is 19.8 Å². The molecule has 0 saturated heterocycles. The summed E-state index contributed by atoms with van der Waals surface area (Å²) in [6, 6.07) is 0.329. The average Bonchev–Trinajstić information content (AvgIpc) is 2.34. The first-order valence-electron chi connectivity index (χ1n) is 8.03. The summed E-state index contributed by atoms with van der Waals surface area (Å²) in [4.78, 5) is 0. The first-order chi connectivity index (χ1) is 10.2. The highest BCUT2D eigenvalue weighted by Gasteiger charge is 2.41. The van der Waals surface area contributed by atoms with Crippen LogP contribution in [0.4, 0.5) is 0 Å². The number of hydrogen-bond donors (Lipinski definition) is 2. The van der Waals surface area contributed by atoms with Crippen LogP contribution in [0.2, 0.25) is 0 Å². The molecule has 1 saturated carbocycles. The zero-order valence-electron chi connectivity index (χ0n) is 14.5. The molecule has 1 fully saturated rings. The van der Waals surface area contributed by atoms with Gasteiger partial charge in [-0.15, -0.1) is 0 Å². The third-order valence-electron chi connectivity index (χ3n) is 3.98. The van der Waals surface area contributed by atoms with E-state index in [0.29, 0.717) is 29.6 Å². The highest BCUT2D eigenvalue weighted by atomic mass is 32.1. The molecule has 0 radical (unpaired) electrons. The van der Waals surface area contributed by atoms with Gasteiger partial charge in [-0.3, -0.25) is 0 Å². The lowest BCUT2D eigenvalue weighted by molar-refractivity contribution is 0.0768. The maximum absolute atomic E-state index is 5.38. The molecule has 1 aliphatic carbocycles. The second kappa shape index (κ2) is 8.29. The van der Waals surface area contributed by atoms with Gasteiger partial charge >= 0.3 is 0 Å². The fraction of sp³-hybridized carbons (Fsp3) is 0.875. The fourth-order valence-corrected chi connectivity index (χ4v) is 4.15. The maximum atomic E-state index is 5.38. The summed E-state index contributed by atoms with van der Waals surface area (Å²) >= 11 is 10.4. The van der Waals surface area contributed by atoms with Crippen molar-refractivity contribution in [2.24, 2.45) is 10.8 Å². The van der Waals surface area contributed by atoms with Crippen LogP contribution < -0.4 is 10.6 Å². The van der Waals surface area contributed by atoms with Crippen LogP contribution in [0.1, 0.15) is 53.9 Å². The van der Waals surface area contributed by atoms with E-state index < -0.39 is 0 Å². The van der Waals surface area contributed by atoms with E-state index in [1.54, 1.807) is 0 Å². The summed E-state index contributed by atoms with van der Waals surface area (Å²) in [6.45, 7) is 12.8. The number of thiocarbonyl (C=S) groups is 2. The van der Waals surface area contributed by atoms with Gasteiger partial charge in [-0.1, -0.05) is 20.8 Å². The van der Waals surface area contributed by atoms with Crippen LogP contribution in [0.15, 0.2) is 0 Å². The lowest BCUT2D eigenvalue weighted by atomic mass is 9.62. The molecule has 0 aliphatic heterocycles. The van der Waals surface area contributed by atoms with Crippen molar-refractivity contribution in [1.82, 2.24) is 10.6 Å². The second-order valence-electron chi connectivity index (χ2n) is 7.20. The summed E-state index contributed by atoms with van der Waals surface area (Å²) in [5.41, 5.74) is 0.393. The van der Waals surface area contributed by atoms with Gasteiger partial charge in [0.05, 0.1) is 13.2 Å². The van der Waals surface area contributed by atoms with Crippen molar-refractivity contribution in [2.45, 2.75) is 59.9 Å². The SMILES string of the molecule is CCOC(=S)NCC1(C)CC(NC(=S)OCC)CC(C)(C)C1. The molecule has 22 heavy (non-hydrogen) atoms. The number of nitrogens with one attached hydrogen (secondary N) is 2. The number of ether oxygens (including phenoxy) is 2. The zero-order chi connectivity index (χ0) is 16.8. The Kier molecular flexibility index (Phi) is 7.32. The summed E-state index contributed by atoms with van der Waals surface area (Å²) in [6.07, 6.45) is 3.26. The van der Waals surface area contributed by atoms with Crippen molar-refractivity contribution in [3.8, 4) is 0 Å². The minimum absolute atomic E-state index is 0.141. The van der Waals surface area contributed by atoms with Crippen LogP contribution in [0.5, 0.6) is 0 Å². The van der Waals surface area contributed by atoms with Crippen LogP contribution in [0.3, 0.4) is 0 Å². The predicted molar refractivity (Wildman–Crippen MR) is 99.1 cm³/mol. The van der Waals surface area contributed by atoms with E-state index in [4.69, 9.17) is 33.9 Å². The van der Waals surface area contributed by atoms with Gasteiger partial charge < -0.3 is 20.1 Å². The molecule has 2 unspecified atom stereocenters. The summed E-state index contributed by atoms with van der Waals surface area (Å²) < 4.78 is 10.7. The van der Waals surface area contributed by atoms with E-state index in [1.165, 1.54) is 0 Å². The number of rotatable bonds is 5. The van der Waals surface area contributed by atoms with Crippen molar-refractivity contribution < 1.29 is 9.47 Å². The van der Waals surface area contributed by atoms with Gasteiger partial charge in [0.2, 0.25) is 0 Å². The Morgan fingerprint density at radius 2 is 1.64 bits per heavy atom. The molecule has 2 N–H and O–H groups in total. The van der Waals surface area contributed by atoms with Gasteiger partial charge in [0, 0.05) is 12.6 Å². The van der Waals surface area contributed by atoms with Gasteiger partial charge in [-0.25, -0.2) is 0 Å². The van der Waals surface area contributed by atoms with Crippen LogP contribution in [0.25, 0.3) is 0 Å². The Morgan fingerprint density at radius 3 is 2.23 bits per heavy atom. The van der Waals surface area contributed by atoms with E-state index in [2.05, 4.69) is 31.4 Å². The Hall–Kier alpha value is -0.620. The molecule has 0 aromatic rings. The van der Waals surface area contributed by atoms with Gasteiger partial charge in [-0.2, -0.15) is 0 Å². The Morgan fingerprint density at radius 1 is 1.05 bits per heavy atom. The van der Waals surface area contributed by atoms with Crippen LogP contribution in [-0.2, 0) is 9.47 Å². The molecular formula is C16H30N2O2S2. The third-order valence-corrected chi connectivity index (χ3v) is 4.47. The van der Waals surface area contributed by atoms with E-state index in [-0.39, 0.29) is 10.8 Å². The molecule has 0 aromatic carbocycles. The second-order valence-corrected chi connectivity index (χ2v) is 7.94. The monoisotopic (exact) mass is 346 g/mol. The summed E-state index contributed by atoms with van der Waals surface area (Å²) in [5, 5.41) is 7.60. The molecule has 0 bridgehead atoms. The first-order valence-corrected chi connectivity index (χ1v) is 8.85. The highest BCUT2D eigenvalue weighted by Crippen LogP contribution is 2.45. The van der Waals surface area contributed by atoms with Gasteiger partial charge in [0.15, 0.2) is 0 Å². The topological polar surface area (TPSA) is 42.5 Å². The van der Waals surface area contributed by atoms with Crippen molar-refractivity contribution in [3.63, 3.8) is 0 Å². The van der Waals surface area contributed by atoms with Crippen molar-refractivity contribution in [1.29, 1.82) is 0 Å². The van der Waals surface area contributed by atoms with Crippen LogP contribution in [0, 0.1) is 10.8 Å². The lowest BCUT2D eigenvalue weighted by Gasteiger charge is -2.47. The molecule has 0 heterocycles. The highest BCUT2D eigenvalue weighted by molar-refractivity contribution is 7.80. The van der Waals surface area contributed by atoms with Crippen LogP contribution in [-0.4, -0.2) is 36.1 Å². The molecule has 0 amide bonds. The summed E-state index contributed by atoms with van der Waals surface area (Å²) in [7, 11) is 0. The molecule has 1 rings (SSSR count). The van der Waals surface area contributed by atoms with Gasteiger partial charge in [0.1, 0.15) is 0 Å². The quantitative estimate of drug-likeness (QED) is 0.744. The van der Waals surface area contributed by atoms with Gasteiger partial charge in [-0.05, 0) is 68.4 Å². The van der Waals surface area contributed by atoms with Crippen molar-refractivity contribution in [3.05, 3.63) is 0 Å². The molecular weight excluding hydrogens is 316 g/mol. The van der Waals surface area contributed by atoms with E-state index in [1.807, 2.05) is 13.8 Å². The molecule has 6 heteroatoms. The molecule has 4 nitrogen and oxygen atoms in total. The summed E-state index contributed by atoms with van der Waals surface area (Å²) in [5.74, 6) is 0. The lowest BCUT2D eigenvalue weighted by Crippen LogP contribution is -2.50. The molecule has 128 valence electrons. The zero-order valence-corrected chi connectivity index (χ0v) is 16.1. The third kappa shape index (κ3) is 6.65. The fourth-order valence-electron chi connectivity index (χ4n) is 3.68. The van der Waals surface area contributed by atoms with E-state index in [9.17, 15) is 0 Å². The minimum atomic E-state index is 0.141. The normalized spacial score (nSPS) is 26.9. The molecule has 1 aliphatic rings. The molecule has 0 spiro atoms. The molecule has 0 aromatic heterocycles. The largest absolute Gasteiger partial charge is 0.471 e. The number of hydrogen-bond acceptors (Lipinski definition) is 4. The molecule has 2 atom stereocenters. The predicted octanol–water partition coefficient (Wildman–Crippen LogP) is 3.39. The Labute approximate surface area is 145 Å². The standard InChI is InChI=1S/C16H30N2O2S2/c1-6-19-13(21)17-11-16(5)9-12(8-15(3,4)10-16)18-14(22)20-7-2/h12H,6-11H2,1-5H3,(H,17,21)(H,18,22). The van der Waals surface area contributed by atoms with Gasteiger partial charge in [0.25, 0.3) is 10.3 Å². The van der Waals surface area contributed by atoms with E-state index in [0.717, 1.165) is 25.8 Å². The smallest absolute Gasteiger partial charge is 0.256 e. The first kappa shape index (κ1) is 19.4. The Balaban J connectivity index is 2.65. The maximum Gasteiger partial charge on any atom is 0.256 e. The Bertz CT molecular complexity index is 402.